The number of hydrogen-bond donors (Lipinski definition) is 2. The van der Waals surface area contributed by atoms with Gasteiger partial charge in [0.05, 0.1) is 18.2 Å². The first-order valence-corrected chi connectivity index (χ1v) is 6.58. The smallest absolute Gasteiger partial charge is 0.0727 e. The summed E-state index contributed by atoms with van der Waals surface area (Å²) in [5.74, 6) is 0. The summed E-state index contributed by atoms with van der Waals surface area (Å²) in [5, 5.41) is 4.44. The monoisotopic (exact) mass is 259 g/mol. The van der Waals surface area contributed by atoms with E-state index in [-0.39, 0.29) is 6.10 Å². The van der Waals surface area contributed by atoms with E-state index in [0.717, 1.165) is 34.5 Å². The highest BCUT2D eigenvalue weighted by atomic mass is 16.5. The summed E-state index contributed by atoms with van der Waals surface area (Å²) >= 11 is 0. The van der Waals surface area contributed by atoms with Crippen LogP contribution in [0.25, 0.3) is 10.9 Å². The molecule has 0 atom stereocenters. The lowest BCUT2D eigenvalue weighted by Crippen LogP contribution is -2.13. The lowest BCUT2D eigenvalue weighted by Gasteiger charge is -2.12. The number of fused-ring (bicyclic) bond motifs is 1. The van der Waals surface area contributed by atoms with Crippen LogP contribution in [0.15, 0.2) is 24.3 Å². The first-order chi connectivity index (χ1) is 9.06. The van der Waals surface area contributed by atoms with Crippen LogP contribution < -0.4 is 11.1 Å². The second kappa shape index (κ2) is 5.89. The van der Waals surface area contributed by atoms with Crippen molar-refractivity contribution in [2.75, 3.05) is 24.2 Å². The van der Waals surface area contributed by atoms with Crippen LogP contribution in [0.1, 0.15) is 19.5 Å². The third-order valence-electron chi connectivity index (χ3n) is 2.83. The fourth-order valence-electron chi connectivity index (χ4n) is 2.00. The van der Waals surface area contributed by atoms with Gasteiger partial charge in [0.25, 0.3) is 0 Å². The highest BCUT2D eigenvalue weighted by molar-refractivity contribution is 5.93. The number of nitrogen functional groups attached to an aromatic ring is 1. The van der Waals surface area contributed by atoms with E-state index in [0.29, 0.717) is 6.61 Å². The van der Waals surface area contributed by atoms with Gasteiger partial charge in [-0.05, 0) is 45.0 Å². The highest BCUT2D eigenvalue weighted by Crippen LogP contribution is 2.25. The molecule has 0 radical (unpaired) electrons. The minimum atomic E-state index is 0.258. The number of rotatable bonds is 5. The van der Waals surface area contributed by atoms with Crippen LogP contribution >= 0.6 is 0 Å². The zero-order valence-corrected chi connectivity index (χ0v) is 11.7. The Morgan fingerprint density at radius 1 is 1.32 bits per heavy atom. The summed E-state index contributed by atoms with van der Waals surface area (Å²) < 4.78 is 5.53. The van der Waals surface area contributed by atoms with Gasteiger partial charge in [0, 0.05) is 29.0 Å². The number of benzene rings is 1. The molecule has 3 N–H and O–H groups in total. The predicted molar refractivity (Wildman–Crippen MR) is 80.5 cm³/mol. The van der Waals surface area contributed by atoms with Gasteiger partial charge in [0.1, 0.15) is 0 Å². The number of nitrogens with two attached hydrogens (primary N) is 1. The van der Waals surface area contributed by atoms with E-state index >= 15 is 0 Å². The van der Waals surface area contributed by atoms with E-state index in [2.05, 4.69) is 10.3 Å². The van der Waals surface area contributed by atoms with Gasteiger partial charge < -0.3 is 15.8 Å². The third-order valence-corrected chi connectivity index (χ3v) is 2.83. The molecule has 0 amide bonds. The van der Waals surface area contributed by atoms with Crippen molar-refractivity contribution in [2.45, 2.75) is 26.9 Å². The molecule has 0 unspecified atom stereocenters. The first-order valence-electron chi connectivity index (χ1n) is 6.58. The maximum atomic E-state index is 5.85. The molecule has 19 heavy (non-hydrogen) atoms. The van der Waals surface area contributed by atoms with Crippen molar-refractivity contribution in [1.29, 1.82) is 0 Å². The molecule has 0 aliphatic carbocycles. The van der Waals surface area contributed by atoms with E-state index in [4.69, 9.17) is 10.5 Å². The van der Waals surface area contributed by atoms with Gasteiger partial charge in [0.2, 0.25) is 0 Å². The Morgan fingerprint density at radius 3 is 2.84 bits per heavy atom. The first kappa shape index (κ1) is 13.6. The second-order valence-corrected chi connectivity index (χ2v) is 4.93. The minimum Gasteiger partial charge on any atom is -0.399 e. The van der Waals surface area contributed by atoms with Gasteiger partial charge in [-0.15, -0.1) is 0 Å². The number of ether oxygens (including phenoxy) is 1. The summed E-state index contributed by atoms with van der Waals surface area (Å²) in [6.07, 6.45) is 0.258. The molecule has 4 nitrogen and oxygen atoms in total. The van der Waals surface area contributed by atoms with Gasteiger partial charge in [-0.3, -0.25) is 4.98 Å². The maximum Gasteiger partial charge on any atom is 0.0727 e. The van der Waals surface area contributed by atoms with Gasteiger partial charge in [-0.1, -0.05) is 0 Å². The van der Waals surface area contributed by atoms with E-state index < -0.39 is 0 Å². The maximum absolute atomic E-state index is 5.85. The van der Waals surface area contributed by atoms with E-state index in [1.54, 1.807) is 0 Å². The Bertz CT molecular complexity index is 567. The largest absolute Gasteiger partial charge is 0.399 e. The minimum absolute atomic E-state index is 0.258. The topological polar surface area (TPSA) is 60.2 Å². The highest BCUT2D eigenvalue weighted by Gasteiger charge is 2.04. The number of hydrogen-bond acceptors (Lipinski definition) is 4. The third kappa shape index (κ3) is 3.58. The number of anilines is 2. The van der Waals surface area contributed by atoms with Crippen LogP contribution in [0.3, 0.4) is 0 Å². The molecule has 1 aromatic heterocycles. The van der Waals surface area contributed by atoms with Crippen molar-refractivity contribution in [3.8, 4) is 0 Å². The number of pyridine rings is 1. The fourth-order valence-corrected chi connectivity index (χ4v) is 2.00. The number of aryl methyl sites for hydroxylation is 1. The number of nitrogens with zero attached hydrogens (tertiary/aromatic N) is 1. The van der Waals surface area contributed by atoms with Gasteiger partial charge in [-0.25, -0.2) is 0 Å². The van der Waals surface area contributed by atoms with Crippen LogP contribution in [0.5, 0.6) is 0 Å². The van der Waals surface area contributed by atoms with Crippen molar-refractivity contribution >= 4 is 22.3 Å². The normalized spacial score (nSPS) is 11.2. The summed E-state index contributed by atoms with van der Waals surface area (Å²) in [6.45, 7) is 7.51. The van der Waals surface area contributed by atoms with Crippen LogP contribution in [0, 0.1) is 6.92 Å². The van der Waals surface area contributed by atoms with Crippen molar-refractivity contribution in [2.24, 2.45) is 0 Å². The standard InChI is InChI=1S/C15H21N3O/c1-10(2)19-7-6-17-15-8-11(3)18-14-5-4-12(16)9-13(14)15/h4-5,8-10H,6-7,16H2,1-3H3,(H,17,18). The second-order valence-electron chi connectivity index (χ2n) is 4.93. The molecular formula is C15H21N3O. The Hall–Kier alpha value is -1.81. The Morgan fingerprint density at radius 2 is 2.11 bits per heavy atom. The van der Waals surface area contributed by atoms with Crippen LogP contribution in [0.4, 0.5) is 11.4 Å². The molecule has 4 heteroatoms. The van der Waals surface area contributed by atoms with E-state index in [9.17, 15) is 0 Å². The molecule has 0 bridgehead atoms. The molecule has 102 valence electrons. The lowest BCUT2D eigenvalue weighted by molar-refractivity contribution is 0.0871. The van der Waals surface area contributed by atoms with Gasteiger partial charge in [-0.2, -0.15) is 0 Å². The Balaban J connectivity index is 2.19. The van der Waals surface area contributed by atoms with Crippen molar-refractivity contribution < 1.29 is 4.74 Å². The molecule has 0 spiro atoms. The average molecular weight is 259 g/mol. The van der Waals surface area contributed by atoms with Crippen molar-refractivity contribution in [3.63, 3.8) is 0 Å². The molecule has 0 aliphatic rings. The predicted octanol–water partition coefficient (Wildman–Crippen LogP) is 2.96. The van der Waals surface area contributed by atoms with Crippen molar-refractivity contribution in [1.82, 2.24) is 4.98 Å². The summed E-state index contributed by atoms with van der Waals surface area (Å²) in [4.78, 5) is 4.51. The SMILES string of the molecule is Cc1cc(NCCOC(C)C)c2cc(N)ccc2n1. The molecule has 1 heterocycles. The molecule has 2 aromatic rings. The number of nitrogens with one attached hydrogen (secondary N) is 1. The van der Waals surface area contributed by atoms with E-state index in [1.165, 1.54) is 0 Å². The molecule has 1 aromatic carbocycles. The molecule has 0 saturated carbocycles. The Labute approximate surface area is 114 Å². The fraction of sp³-hybridized carbons (Fsp3) is 0.400. The van der Waals surface area contributed by atoms with Crippen LogP contribution in [-0.4, -0.2) is 24.2 Å². The summed E-state index contributed by atoms with van der Waals surface area (Å²) in [5.41, 5.74) is 9.60. The zero-order chi connectivity index (χ0) is 13.8. The molecule has 0 aliphatic heterocycles. The van der Waals surface area contributed by atoms with E-state index in [1.807, 2.05) is 45.0 Å². The van der Waals surface area contributed by atoms with Crippen LogP contribution in [-0.2, 0) is 4.74 Å². The summed E-state index contributed by atoms with van der Waals surface area (Å²) in [6, 6.07) is 7.82. The average Bonchev–Trinajstić information content (AvgIpc) is 2.35. The molecule has 0 saturated heterocycles. The number of aromatic nitrogens is 1. The van der Waals surface area contributed by atoms with Gasteiger partial charge in [0.15, 0.2) is 0 Å². The van der Waals surface area contributed by atoms with Crippen molar-refractivity contribution in [3.05, 3.63) is 30.0 Å². The molecule has 2 rings (SSSR count). The molecular weight excluding hydrogens is 238 g/mol. The van der Waals surface area contributed by atoms with Crippen LogP contribution in [0.2, 0.25) is 0 Å². The van der Waals surface area contributed by atoms with Gasteiger partial charge >= 0.3 is 0 Å². The molecule has 0 fully saturated rings. The summed E-state index contributed by atoms with van der Waals surface area (Å²) in [7, 11) is 0. The quantitative estimate of drug-likeness (QED) is 0.640. The lowest BCUT2D eigenvalue weighted by atomic mass is 10.1. The Kier molecular flexibility index (Phi) is 4.22. The zero-order valence-electron chi connectivity index (χ0n) is 11.7.